The van der Waals surface area contributed by atoms with Crippen LogP contribution < -0.4 is 10.6 Å². The predicted octanol–water partition coefficient (Wildman–Crippen LogP) is 2.60. The van der Waals surface area contributed by atoms with Crippen LogP contribution in [0.3, 0.4) is 0 Å². The third kappa shape index (κ3) is 4.85. The van der Waals surface area contributed by atoms with E-state index in [1.807, 2.05) is 18.2 Å². The lowest BCUT2D eigenvalue weighted by Gasteiger charge is -2.14. The molecule has 1 aromatic carbocycles. The fourth-order valence-corrected chi connectivity index (χ4v) is 2.03. The minimum atomic E-state index is -0.554. The van der Waals surface area contributed by atoms with E-state index in [1.54, 1.807) is 6.92 Å². The van der Waals surface area contributed by atoms with Gasteiger partial charge in [0.2, 0.25) is 11.8 Å². The van der Waals surface area contributed by atoms with Crippen molar-refractivity contribution in [1.29, 1.82) is 0 Å². The highest BCUT2D eigenvalue weighted by Crippen LogP contribution is 2.22. The van der Waals surface area contributed by atoms with Crippen LogP contribution in [-0.4, -0.2) is 17.9 Å². The van der Waals surface area contributed by atoms with E-state index >= 15 is 0 Å². The summed E-state index contributed by atoms with van der Waals surface area (Å²) in [5.74, 6) is -0.0490. The Kier molecular flexibility index (Phi) is 6.02. The standard InChI is InChI=1S/C15H21ClN2O2/c1-9(2)12-5-6-13(14(16)7-12)8-17-15(20)10(3)18-11(4)19/h5-7,9-10H,8H2,1-4H3,(H,17,20)(H,18,19)/t10-/m0/s1. The highest BCUT2D eigenvalue weighted by atomic mass is 35.5. The Morgan fingerprint density at radius 2 is 1.90 bits per heavy atom. The summed E-state index contributed by atoms with van der Waals surface area (Å²) in [6.07, 6.45) is 0. The number of halogens is 1. The quantitative estimate of drug-likeness (QED) is 0.877. The molecular formula is C15H21ClN2O2. The summed E-state index contributed by atoms with van der Waals surface area (Å²) in [4.78, 5) is 22.6. The van der Waals surface area contributed by atoms with Crippen LogP contribution in [0.1, 0.15) is 44.7 Å². The summed E-state index contributed by atoms with van der Waals surface area (Å²) in [6.45, 7) is 7.57. The van der Waals surface area contributed by atoms with Crippen molar-refractivity contribution >= 4 is 23.4 Å². The molecular weight excluding hydrogens is 276 g/mol. The number of hydrogen-bond donors (Lipinski definition) is 2. The number of benzene rings is 1. The van der Waals surface area contributed by atoms with E-state index in [-0.39, 0.29) is 11.8 Å². The molecule has 1 rings (SSSR count). The van der Waals surface area contributed by atoms with Gasteiger partial charge in [0.15, 0.2) is 0 Å². The molecule has 0 aliphatic carbocycles. The monoisotopic (exact) mass is 296 g/mol. The van der Waals surface area contributed by atoms with Gasteiger partial charge in [0.25, 0.3) is 0 Å². The van der Waals surface area contributed by atoms with E-state index in [0.29, 0.717) is 17.5 Å². The first-order chi connectivity index (χ1) is 9.31. The van der Waals surface area contributed by atoms with E-state index < -0.39 is 6.04 Å². The van der Waals surface area contributed by atoms with Gasteiger partial charge in [-0.15, -0.1) is 0 Å². The molecule has 0 bridgehead atoms. The van der Waals surface area contributed by atoms with Gasteiger partial charge in [-0.05, 0) is 30.0 Å². The minimum absolute atomic E-state index is 0.230. The largest absolute Gasteiger partial charge is 0.350 e. The third-order valence-corrected chi connectivity index (χ3v) is 3.36. The van der Waals surface area contributed by atoms with Crippen LogP contribution in [0.25, 0.3) is 0 Å². The van der Waals surface area contributed by atoms with Crippen molar-refractivity contribution in [2.24, 2.45) is 0 Å². The van der Waals surface area contributed by atoms with Crippen LogP contribution in [0.4, 0.5) is 0 Å². The van der Waals surface area contributed by atoms with Crippen LogP contribution in [0.2, 0.25) is 5.02 Å². The Morgan fingerprint density at radius 1 is 1.25 bits per heavy atom. The summed E-state index contributed by atoms with van der Waals surface area (Å²) in [6, 6.07) is 5.29. The number of hydrogen-bond acceptors (Lipinski definition) is 2. The second kappa shape index (κ2) is 7.29. The van der Waals surface area contributed by atoms with Crippen LogP contribution in [0, 0.1) is 0 Å². The minimum Gasteiger partial charge on any atom is -0.350 e. The lowest BCUT2D eigenvalue weighted by atomic mass is 10.0. The third-order valence-electron chi connectivity index (χ3n) is 3.01. The van der Waals surface area contributed by atoms with E-state index in [0.717, 1.165) is 11.1 Å². The van der Waals surface area contributed by atoms with Gasteiger partial charge in [-0.2, -0.15) is 0 Å². The maximum absolute atomic E-state index is 11.8. The maximum Gasteiger partial charge on any atom is 0.242 e. The molecule has 0 spiro atoms. The Hall–Kier alpha value is -1.55. The second-order valence-electron chi connectivity index (χ2n) is 5.15. The summed E-state index contributed by atoms with van der Waals surface area (Å²) < 4.78 is 0. The summed E-state index contributed by atoms with van der Waals surface area (Å²) in [5.41, 5.74) is 2.02. The van der Waals surface area contributed by atoms with Crippen molar-refractivity contribution in [3.8, 4) is 0 Å². The number of carbonyl (C=O) groups excluding carboxylic acids is 2. The molecule has 110 valence electrons. The smallest absolute Gasteiger partial charge is 0.242 e. The van der Waals surface area contributed by atoms with Crippen LogP contribution >= 0.6 is 11.6 Å². The molecule has 1 atom stereocenters. The first kappa shape index (κ1) is 16.5. The van der Waals surface area contributed by atoms with Gasteiger partial charge in [0.05, 0.1) is 0 Å². The number of amides is 2. The molecule has 0 aliphatic rings. The molecule has 2 amide bonds. The van der Waals surface area contributed by atoms with Crippen molar-refractivity contribution in [1.82, 2.24) is 10.6 Å². The zero-order chi connectivity index (χ0) is 15.3. The second-order valence-corrected chi connectivity index (χ2v) is 5.55. The molecule has 4 nitrogen and oxygen atoms in total. The molecule has 0 unspecified atom stereocenters. The van der Waals surface area contributed by atoms with E-state index in [4.69, 9.17) is 11.6 Å². The summed E-state index contributed by atoms with van der Waals surface area (Å²) in [7, 11) is 0. The van der Waals surface area contributed by atoms with Gasteiger partial charge in [0, 0.05) is 18.5 Å². The topological polar surface area (TPSA) is 58.2 Å². The average Bonchev–Trinajstić information content (AvgIpc) is 2.35. The normalized spacial score (nSPS) is 12.1. The van der Waals surface area contributed by atoms with Crippen molar-refractivity contribution in [3.05, 3.63) is 34.3 Å². The molecule has 1 aromatic rings. The molecule has 0 saturated heterocycles. The first-order valence-corrected chi connectivity index (χ1v) is 7.02. The predicted molar refractivity (Wildman–Crippen MR) is 80.7 cm³/mol. The van der Waals surface area contributed by atoms with E-state index in [9.17, 15) is 9.59 Å². The maximum atomic E-state index is 11.8. The number of carbonyl (C=O) groups is 2. The van der Waals surface area contributed by atoms with Crippen LogP contribution in [-0.2, 0) is 16.1 Å². The Balaban J connectivity index is 2.62. The fourth-order valence-electron chi connectivity index (χ4n) is 1.77. The molecule has 0 aliphatic heterocycles. The lowest BCUT2D eigenvalue weighted by molar-refractivity contribution is -0.127. The van der Waals surface area contributed by atoms with Crippen LogP contribution in [0.5, 0.6) is 0 Å². The Morgan fingerprint density at radius 3 is 2.40 bits per heavy atom. The molecule has 0 radical (unpaired) electrons. The van der Waals surface area contributed by atoms with Gasteiger partial charge in [0.1, 0.15) is 6.04 Å². The molecule has 2 N–H and O–H groups in total. The molecule has 0 saturated carbocycles. The molecule has 0 fully saturated rings. The van der Waals surface area contributed by atoms with Crippen molar-refractivity contribution < 1.29 is 9.59 Å². The number of nitrogens with one attached hydrogen (secondary N) is 2. The van der Waals surface area contributed by atoms with Gasteiger partial charge in [-0.3, -0.25) is 9.59 Å². The molecule has 5 heteroatoms. The van der Waals surface area contributed by atoms with Gasteiger partial charge in [-0.25, -0.2) is 0 Å². The van der Waals surface area contributed by atoms with Crippen molar-refractivity contribution in [2.75, 3.05) is 0 Å². The van der Waals surface area contributed by atoms with Gasteiger partial charge >= 0.3 is 0 Å². The Labute approximate surface area is 124 Å². The van der Waals surface area contributed by atoms with Crippen molar-refractivity contribution in [3.63, 3.8) is 0 Å². The highest BCUT2D eigenvalue weighted by Gasteiger charge is 2.13. The zero-order valence-corrected chi connectivity index (χ0v) is 13.0. The highest BCUT2D eigenvalue weighted by molar-refractivity contribution is 6.31. The molecule has 0 aromatic heterocycles. The fraction of sp³-hybridized carbons (Fsp3) is 0.467. The van der Waals surface area contributed by atoms with E-state index in [1.165, 1.54) is 6.92 Å². The van der Waals surface area contributed by atoms with Gasteiger partial charge < -0.3 is 10.6 Å². The molecule has 20 heavy (non-hydrogen) atoms. The zero-order valence-electron chi connectivity index (χ0n) is 12.3. The summed E-state index contributed by atoms with van der Waals surface area (Å²) >= 11 is 6.20. The lowest BCUT2D eigenvalue weighted by Crippen LogP contribution is -2.43. The van der Waals surface area contributed by atoms with Crippen molar-refractivity contribution in [2.45, 2.75) is 46.2 Å². The van der Waals surface area contributed by atoms with E-state index in [2.05, 4.69) is 24.5 Å². The van der Waals surface area contributed by atoms with Crippen LogP contribution in [0.15, 0.2) is 18.2 Å². The first-order valence-electron chi connectivity index (χ1n) is 6.64. The van der Waals surface area contributed by atoms with Gasteiger partial charge in [-0.1, -0.05) is 37.6 Å². The SMILES string of the molecule is CC(=O)N[C@@H](C)C(=O)NCc1ccc(C(C)C)cc1Cl. The molecule has 0 heterocycles. The Bertz CT molecular complexity index is 501. The number of rotatable bonds is 5. The average molecular weight is 297 g/mol. The summed E-state index contributed by atoms with van der Waals surface area (Å²) in [5, 5.41) is 5.93.